The quantitative estimate of drug-likeness (QED) is 0.475. The second-order valence-corrected chi connectivity index (χ2v) is 5.80. The summed E-state index contributed by atoms with van der Waals surface area (Å²) in [6, 6.07) is 2.21. The first kappa shape index (κ1) is 13.2. The Kier molecular flexibility index (Phi) is 3.29. The van der Waals surface area contributed by atoms with Gasteiger partial charge in [0.1, 0.15) is 11.6 Å². The lowest BCUT2D eigenvalue weighted by atomic mass is 9.90. The molecular formula is C13H13BrF2N2. The van der Waals surface area contributed by atoms with E-state index >= 15 is 0 Å². The maximum atomic E-state index is 13.8. The predicted molar refractivity (Wildman–Crippen MR) is 72.9 cm³/mol. The fourth-order valence-electron chi connectivity index (χ4n) is 1.86. The molecule has 0 amide bonds. The van der Waals surface area contributed by atoms with Crippen molar-refractivity contribution in [3.8, 4) is 0 Å². The van der Waals surface area contributed by atoms with E-state index in [9.17, 15) is 8.78 Å². The van der Waals surface area contributed by atoms with E-state index in [0.29, 0.717) is 5.57 Å². The highest BCUT2D eigenvalue weighted by Crippen LogP contribution is 2.35. The van der Waals surface area contributed by atoms with Gasteiger partial charge in [0.25, 0.3) is 0 Å². The third-order valence-corrected chi connectivity index (χ3v) is 3.99. The Labute approximate surface area is 112 Å². The van der Waals surface area contributed by atoms with Crippen LogP contribution in [0, 0.1) is 17.6 Å². The zero-order valence-electron chi connectivity index (χ0n) is 9.75. The minimum atomic E-state index is -0.683. The summed E-state index contributed by atoms with van der Waals surface area (Å²) in [4.78, 5) is 0. The Morgan fingerprint density at radius 2 is 1.83 bits per heavy atom. The van der Waals surface area contributed by atoms with E-state index in [-0.39, 0.29) is 17.2 Å². The Bertz CT molecular complexity index is 527. The minimum Gasteiger partial charge on any atom is -0.399 e. The maximum Gasteiger partial charge on any atom is 0.136 e. The van der Waals surface area contributed by atoms with Crippen molar-refractivity contribution in [2.45, 2.75) is 11.4 Å². The van der Waals surface area contributed by atoms with Crippen LogP contribution in [-0.4, -0.2) is 4.45 Å². The Hall–Kier alpha value is -1.20. The number of nitrogen functional groups attached to an aromatic ring is 1. The molecule has 0 radical (unpaired) electrons. The number of rotatable bonds is 1. The van der Waals surface area contributed by atoms with Crippen LogP contribution in [0.15, 0.2) is 30.4 Å². The number of halogens is 3. The molecule has 0 bridgehead atoms. The van der Waals surface area contributed by atoms with E-state index in [2.05, 4.69) is 15.9 Å². The zero-order chi connectivity index (χ0) is 13.5. The average molecular weight is 315 g/mol. The molecule has 2 unspecified atom stereocenters. The molecule has 1 aliphatic carbocycles. The lowest BCUT2D eigenvalue weighted by molar-refractivity contribution is 0.571. The maximum absolute atomic E-state index is 13.8. The van der Waals surface area contributed by atoms with Gasteiger partial charge in [-0.15, -0.1) is 0 Å². The number of hydrogen-bond donors (Lipinski definition) is 2. The first-order valence-corrected chi connectivity index (χ1v) is 6.24. The van der Waals surface area contributed by atoms with Crippen LogP contribution in [-0.2, 0) is 0 Å². The van der Waals surface area contributed by atoms with Crippen LogP contribution in [0.1, 0.15) is 12.5 Å². The van der Waals surface area contributed by atoms with E-state index in [1.807, 2.05) is 6.92 Å². The smallest absolute Gasteiger partial charge is 0.136 e. The van der Waals surface area contributed by atoms with Gasteiger partial charge in [0, 0.05) is 11.6 Å². The second-order valence-electron chi connectivity index (χ2n) is 4.43. The fourth-order valence-corrected chi connectivity index (χ4v) is 2.12. The van der Waals surface area contributed by atoms with Crippen LogP contribution in [0.5, 0.6) is 0 Å². The van der Waals surface area contributed by atoms with Crippen molar-refractivity contribution in [1.29, 1.82) is 0 Å². The molecule has 0 aliphatic heterocycles. The van der Waals surface area contributed by atoms with Crippen LogP contribution >= 0.6 is 15.9 Å². The zero-order valence-corrected chi connectivity index (χ0v) is 11.3. The van der Waals surface area contributed by atoms with Gasteiger partial charge >= 0.3 is 0 Å². The lowest BCUT2D eigenvalue weighted by Crippen LogP contribution is -2.37. The summed E-state index contributed by atoms with van der Waals surface area (Å²) in [7, 11) is 0. The number of hydrogen-bond acceptors (Lipinski definition) is 2. The molecule has 96 valence electrons. The van der Waals surface area contributed by atoms with Crippen LogP contribution in [0.25, 0.3) is 5.57 Å². The van der Waals surface area contributed by atoms with Crippen LogP contribution in [0.2, 0.25) is 0 Å². The predicted octanol–water partition coefficient (Wildman–Crippen LogP) is 3.19. The number of anilines is 1. The summed E-state index contributed by atoms with van der Waals surface area (Å²) in [6.45, 7) is 1.87. The van der Waals surface area contributed by atoms with Crippen molar-refractivity contribution >= 4 is 27.2 Å². The Balaban J connectivity index is 2.50. The van der Waals surface area contributed by atoms with E-state index in [0.717, 1.165) is 12.1 Å². The molecule has 0 aromatic heterocycles. The third-order valence-electron chi connectivity index (χ3n) is 3.00. The van der Waals surface area contributed by atoms with Gasteiger partial charge in [0.05, 0.1) is 10.0 Å². The molecule has 0 saturated heterocycles. The van der Waals surface area contributed by atoms with E-state index in [1.165, 1.54) is 0 Å². The molecule has 0 fully saturated rings. The minimum absolute atomic E-state index is 0.0656. The average Bonchev–Trinajstić information content (AvgIpc) is 2.22. The summed E-state index contributed by atoms with van der Waals surface area (Å²) in [5, 5.41) is 0. The van der Waals surface area contributed by atoms with Crippen molar-refractivity contribution in [2.24, 2.45) is 11.7 Å². The highest BCUT2D eigenvalue weighted by Gasteiger charge is 2.28. The lowest BCUT2D eigenvalue weighted by Gasteiger charge is -2.28. The molecule has 5 heteroatoms. The normalized spacial score (nSPS) is 27.2. The van der Waals surface area contributed by atoms with E-state index < -0.39 is 16.1 Å². The second kappa shape index (κ2) is 4.48. The molecule has 2 atom stereocenters. The van der Waals surface area contributed by atoms with Crippen LogP contribution < -0.4 is 11.5 Å². The summed E-state index contributed by atoms with van der Waals surface area (Å²) in [5.74, 6) is -1.43. The number of nitrogens with two attached hydrogens (primary N) is 2. The van der Waals surface area contributed by atoms with Crippen molar-refractivity contribution in [3.63, 3.8) is 0 Å². The van der Waals surface area contributed by atoms with Gasteiger partial charge < -0.3 is 11.5 Å². The monoisotopic (exact) mass is 314 g/mol. The topological polar surface area (TPSA) is 52.0 Å². The first-order chi connectivity index (χ1) is 8.31. The van der Waals surface area contributed by atoms with Gasteiger partial charge in [-0.25, -0.2) is 8.78 Å². The molecule has 2 rings (SSSR count). The molecule has 1 aliphatic rings. The Morgan fingerprint density at radius 3 is 2.33 bits per heavy atom. The molecule has 18 heavy (non-hydrogen) atoms. The molecule has 0 heterocycles. The van der Waals surface area contributed by atoms with Gasteiger partial charge in [0.15, 0.2) is 0 Å². The van der Waals surface area contributed by atoms with Crippen molar-refractivity contribution in [3.05, 3.63) is 47.6 Å². The molecule has 0 spiro atoms. The van der Waals surface area contributed by atoms with Gasteiger partial charge in [-0.1, -0.05) is 41.1 Å². The van der Waals surface area contributed by atoms with Gasteiger partial charge in [-0.3, -0.25) is 0 Å². The summed E-state index contributed by atoms with van der Waals surface area (Å²) in [6.07, 6.45) is 5.01. The van der Waals surface area contributed by atoms with E-state index in [4.69, 9.17) is 11.5 Å². The largest absolute Gasteiger partial charge is 0.399 e. The summed E-state index contributed by atoms with van der Waals surface area (Å²) >= 11 is 3.35. The molecule has 2 nitrogen and oxygen atoms in total. The van der Waals surface area contributed by atoms with Gasteiger partial charge in [0.2, 0.25) is 0 Å². The fraction of sp³-hybridized carbons (Fsp3) is 0.231. The molecule has 1 aromatic carbocycles. The molecule has 0 saturated carbocycles. The summed E-state index contributed by atoms with van der Waals surface area (Å²) in [5.41, 5.74) is 11.8. The first-order valence-electron chi connectivity index (χ1n) is 5.45. The van der Waals surface area contributed by atoms with Gasteiger partial charge in [-0.2, -0.15) is 0 Å². The van der Waals surface area contributed by atoms with E-state index in [1.54, 1.807) is 18.2 Å². The van der Waals surface area contributed by atoms with Gasteiger partial charge in [-0.05, 0) is 17.7 Å². The Morgan fingerprint density at radius 1 is 1.28 bits per heavy atom. The highest BCUT2D eigenvalue weighted by molar-refractivity contribution is 9.10. The SMILES string of the molecule is CC1C=C(c2c(F)cc(N)cc2F)C=CC1(N)Br. The van der Waals surface area contributed by atoms with Crippen LogP contribution in [0.4, 0.5) is 14.5 Å². The number of allylic oxidation sites excluding steroid dienone is 2. The van der Waals surface area contributed by atoms with Crippen LogP contribution in [0.3, 0.4) is 0 Å². The third kappa shape index (κ3) is 2.33. The molecule has 1 aromatic rings. The molecule has 4 N–H and O–H groups in total. The highest BCUT2D eigenvalue weighted by atomic mass is 79.9. The molecular weight excluding hydrogens is 302 g/mol. The number of alkyl halides is 1. The number of benzene rings is 1. The van der Waals surface area contributed by atoms with Crippen molar-refractivity contribution < 1.29 is 8.78 Å². The van der Waals surface area contributed by atoms with Crippen molar-refractivity contribution in [1.82, 2.24) is 0 Å². The van der Waals surface area contributed by atoms with Crippen molar-refractivity contribution in [2.75, 3.05) is 5.73 Å². The summed E-state index contributed by atoms with van der Waals surface area (Å²) < 4.78 is 26.9. The standard InChI is InChI=1S/C13H13BrF2N2/c1-7-4-8(2-3-13(7,14)18)12-10(15)5-9(17)6-11(12)16/h2-7H,17-18H2,1H3.